The topological polar surface area (TPSA) is 84.5 Å². The molecule has 168 valence electrons. The van der Waals surface area contributed by atoms with Crippen molar-refractivity contribution in [3.8, 4) is 5.75 Å². The Morgan fingerprint density at radius 2 is 1.87 bits per heavy atom. The summed E-state index contributed by atoms with van der Waals surface area (Å²) in [6, 6.07) is 14.4. The third kappa shape index (κ3) is 7.23. The molecule has 0 aromatic heterocycles. The zero-order valence-corrected chi connectivity index (χ0v) is 19.2. The van der Waals surface area contributed by atoms with E-state index < -0.39 is 10.0 Å². The summed E-state index contributed by atoms with van der Waals surface area (Å²) in [5.74, 6) is 0.0183. The number of carbonyl (C=O) groups excluding carboxylic acids is 1. The number of nitrogens with one attached hydrogen (secondary N) is 2. The maximum absolute atomic E-state index is 12.5. The predicted molar refractivity (Wildman–Crippen MR) is 122 cm³/mol. The first-order valence-electron chi connectivity index (χ1n) is 10.6. The lowest BCUT2D eigenvalue weighted by atomic mass is 10.1. The van der Waals surface area contributed by atoms with E-state index in [0.717, 1.165) is 38.5 Å². The van der Waals surface area contributed by atoms with Crippen LogP contribution in [0, 0.1) is 0 Å². The molecule has 1 atom stereocenters. The van der Waals surface area contributed by atoms with E-state index in [1.54, 1.807) is 0 Å². The van der Waals surface area contributed by atoms with Gasteiger partial charge in [0, 0.05) is 12.1 Å². The quantitative estimate of drug-likeness (QED) is 0.555. The fourth-order valence-corrected chi connectivity index (χ4v) is 5.29. The van der Waals surface area contributed by atoms with Crippen LogP contribution in [0.25, 0.3) is 0 Å². The number of rotatable bonds is 10. The summed E-state index contributed by atoms with van der Waals surface area (Å²) < 4.78 is 33.3. The van der Waals surface area contributed by atoms with Crippen LogP contribution in [0.15, 0.2) is 53.4 Å². The van der Waals surface area contributed by atoms with Crippen LogP contribution in [0.2, 0.25) is 5.02 Å². The molecule has 2 aromatic carbocycles. The second kappa shape index (κ2) is 11.0. The summed E-state index contributed by atoms with van der Waals surface area (Å²) in [5.41, 5.74) is 1.23. The van der Waals surface area contributed by atoms with E-state index >= 15 is 0 Å². The van der Waals surface area contributed by atoms with Crippen molar-refractivity contribution in [3.05, 3.63) is 59.1 Å². The van der Waals surface area contributed by atoms with Gasteiger partial charge >= 0.3 is 0 Å². The molecule has 0 radical (unpaired) electrons. The molecule has 2 aromatic rings. The number of carbonyl (C=O) groups is 1. The number of sulfonamides is 1. The summed E-state index contributed by atoms with van der Waals surface area (Å²) in [4.78, 5) is 12.3. The minimum atomic E-state index is -3.63. The van der Waals surface area contributed by atoms with Crippen molar-refractivity contribution in [1.29, 1.82) is 0 Å². The van der Waals surface area contributed by atoms with E-state index in [1.165, 1.54) is 23.8 Å². The molecule has 1 aliphatic rings. The highest BCUT2D eigenvalue weighted by atomic mass is 35.5. The molecule has 0 saturated heterocycles. The van der Waals surface area contributed by atoms with Gasteiger partial charge in [0.25, 0.3) is 5.91 Å². The SMILES string of the molecule is C[C@H](CCc1ccccc1)NC(=O)COc1ccc(S(=O)(=O)NC2CCCC2)cc1Cl. The number of hydrogen-bond donors (Lipinski definition) is 2. The van der Waals surface area contributed by atoms with Crippen molar-refractivity contribution in [2.45, 2.75) is 62.4 Å². The lowest BCUT2D eigenvalue weighted by molar-refractivity contribution is -0.123. The maximum Gasteiger partial charge on any atom is 0.258 e. The minimum absolute atomic E-state index is 0.000888. The van der Waals surface area contributed by atoms with Crippen LogP contribution in [0.5, 0.6) is 5.75 Å². The molecule has 0 bridgehead atoms. The van der Waals surface area contributed by atoms with Gasteiger partial charge in [-0.2, -0.15) is 0 Å². The lowest BCUT2D eigenvalue weighted by Crippen LogP contribution is -2.36. The molecule has 0 spiro atoms. The van der Waals surface area contributed by atoms with E-state index in [2.05, 4.69) is 22.2 Å². The Labute approximate surface area is 189 Å². The summed E-state index contributed by atoms with van der Waals surface area (Å²) in [6.07, 6.45) is 5.47. The van der Waals surface area contributed by atoms with Crippen LogP contribution >= 0.6 is 11.6 Å². The molecule has 1 fully saturated rings. The third-order valence-electron chi connectivity index (χ3n) is 5.37. The number of benzene rings is 2. The molecular formula is C23H29ClN2O4S. The molecular weight excluding hydrogens is 436 g/mol. The fourth-order valence-electron chi connectivity index (χ4n) is 3.66. The molecule has 1 saturated carbocycles. The first-order chi connectivity index (χ1) is 14.8. The van der Waals surface area contributed by atoms with Crippen molar-refractivity contribution in [3.63, 3.8) is 0 Å². The minimum Gasteiger partial charge on any atom is -0.482 e. The van der Waals surface area contributed by atoms with E-state index in [1.807, 2.05) is 25.1 Å². The Morgan fingerprint density at radius 3 is 2.55 bits per heavy atom. The lowest BCUT2D eigenvalue weighted by Gasteiger charge is -2.15. The molecule has 1 amide bonds. The summed E-state index contributed by atoms with van der Waals surface area (Å²) in [7, 11) is -3.63. The monoisotopic (exact) mass is 464 g/mol. The highest BCUT2D eigenvalue weighted by molar-refractivity contribution is 7.89. The van der Waals surface area contributed by atoms with Gasteiger partial charge in [-0.05, 0) is 56.4 Å². The van der Waals surface area contributed by atoms with Crippen LogP contribution in [0.4, 0.5) is 0 Å². The van der Waals surface area contributed by atoms with Crippen LogP contribution in [-0.2, 0) is 21.2 Å². The zero-order valence-electron chi connectivity index (χ0n) is 17.6. The molecule has 1 aliphatic carbocycles. The van der Waals surface area contributed by atoms with Gasteiger partial charge in [0.2, 0.25) is 10.0 Å². The van der Waals surface area contributed by atoms with Gasteiger partial charge in [-0.3, -0.25) is 4.79 Å². The standard InChI is InChI=1S/C23H29ClN2O4S/c1-17(11-12-18-7-3-2-4-8-18)25-23(27)16-30-22-14-13-20(15-21(22)24)31(28,29)26-19-9-5-6-10-19/h2-4,7-8,13-15,17,19,26H,5-6,9-12,16H2,1H3,(H,25,27)/t17-/m1/s1. The van der Waals surface area contributed by atoms with Gasteiger partial charge in [0.1, 0.15) is 5.75 Å². The predicted octanol–water partition coefficient (Wildman–Crippen LogP) is 4.08. The van der Waals surface area contributed by atoms with Gasteiger partial charge in [-0.25, -0.2) is 13.1 Å². The van der Waals surface area contributed by atoms with Gasteiger partial charge < -0.3 is 10.1 Å². The Bertz CT molecular complexity index is 976. The zero-order chi connectivity index (χ0) is 22.3. The molecule has 31 heavy (non-hydrogen) atoms. The molecule has 0 aliphatic heterocycles. The number of aryl methyl sites for hydroxylation is 1. The third-order valence-corrected chi connectivity index (χ3v) is 7.18. The van der Waals surface area contributed by atoms with Gasteiger partial charge in [0.15, 0.2) is 6.61 Å². The highest BCUT2D eigenvalue weighted by Gasteiger charge is 2.23. The van der Waals surface area contributed by atoms with Gasteiger partial charge in [-0.15, -0.1) is 0 Å². The van der Waals surface area contributed by atoms with Crippen LogP contribution in [0.1, 0.15) is 44.6 Å². The van der Waals surface area contributed by atoms with E-state index in [0.29, 0.717) is 0 Å². The molecule has 3 rings (SSSR count). The normalized spacial score (nSPS) is 15.5. The molecule has 0 unspecified atom stereocenters. The highest BCUT2D eigenvalue weighted by Crippen LogP contribution is 2.28. The fraction of sp³-hybridized carbons (Fsp3) is 0.435. The maximum atomic E-state index is 12.5. The Balaban J connectivity index is 1.47. The van der Waals surface area contributed by atoms with E-state index in [-0.39, 0.29) is 40.3 Å². The van der Waals surface area contributed by atoms with E-state index in [4.69, 9.17) is 16.3 Å². The summed E-state index contributed by atoms with van der Waals surface area (Å²) in [6.45, 7) is 1.76. The average Bonchev–Trinajstić information content (AvgIpc) is 3.24. The van der Waals surface area contributed by atoms with Crippen LogP contribution < -0.4 is 14.8 Å². The van der Waals surface area contributed by atoms with Crippen LogP contribution in [-0.4, -0.2) is 33.0 Å². The smallest absolute Gasteiger partial charge is 0.258 e. The van der Waals surface area contributed by atoms with Crippen molar-refractivity contribution in [1.82, 2.24) is 10.0 Å². The van der Waals surface area contributed by atoms with Crippen molar-refractivity contribution < 1.29 is 17.9 Å². The largest absolute Gasteiger partial charge is 0.482 e. The van der Waals surface area contributed by atoms with E-state index in [9.17, 15) is 13.2 Å². The van der Waals surface area contributed by atoms with Crippen molar-refractivity contribution >= 4 is 27.5 Å². The molecule has 6 nitrogen and oxygen atoms in total. The Kier molecular flexibility index (Phi) is 8.35. The average molecular weight is 465 g/mol. The van der Waals surface area contributed by atoms with Crippen molar-refractivity contribution in [2.75, 3.05) is 6.61 Å². The number of ether oxygens (including phenoxy) is 1. The Hall–Kier alpha value is -2.09. The summed E-state index contributed by atoms with van der Waals surface area (Å²) in [5, 5.41) is 3.05. The first-order valence-corrected chi connectivity index (χ1v) is 12.5. The molecule has 2 N–H and O–H groups in total. The Morgan fingerprint density at radius 1 is 1.16 bits per heavy atom. The van der Waals surface area contributed by atoms with Crippen LogP contribution in [0.3, 0.4) is 0 Å². The number of halogens is 1. The second-order valence-electron chi connectivity index (χ2n) is 7.98. The second-order valence-corrected chi connectivity index (χ2v) is 10.1. The molecule has 8 heteroatoms. The molecule has 0 heterocycles. The van der Waals surface area contributed by atoms with Gasteiger partial charge in [0.05, 0.1) is 9.92 Å². The number of amides is 1. The van der Waals surface area contributed by atoms with Gasteiger partial charge in [-0.1, -0.05) is 54.8 Å². The van der Waals surface area contributed by atoms with Crippen molar-refractivity contribution in [2.24, 2.45) is 0 Å². The number of hydrogen-bond acceptors (Lipinski definition) is 4. The summed E-state index contributed by atoms with van der Waals surface area (Å²) >= 11 is 6.21. The first kappa shape index (κ1) is 23.6.